The van der Waals surface area contributed by atoms with Crippen LogP contribution in [0.15, 0.2) is 383 Å². The Morgan fingerprint density at radius 1 is 0.198 bits per heavy atom. The molecule has 0 aliphatic heterocycles. The Balaban J connectivity index is 0.000000107. The predicted octanol–water partition coefficient (Wildman–Crippen LogP) is 30.3. The zero-order chi connectivity index (χ0) is 77.1. The molecule has 5 nitrogen and oxygen atoms in total. The molecule has 2 aliphatic carbocycles. The fraction of sp³-hybridized carbons (Fsp3) is 0.0541. The van der Waals surface area contributed by atoms with Gasteiger partial charge < -0.3 is 9.80 Å². The number of nitrogens with zero attached hydrogens (tertiary/aromatic N) is 5. The van der Waals surface area contributed by atoms with Crippen LogP contribution in [0.3, 0.4) is 0 Å². The summed E-state index contributed by atoms with van der Waals surface area (Å²) < 4.78 is 0. The molecule has 3 aromatic heterocycles. The number of anilines is 6. The molecule has 0 N–H and O–H groups in total. The van der Waals surface area contributed by atoms with E-state index in [2.05, 4.69) is 388 Å². The summed E-state index contributed by atoms with van der Waals surface area (Å²) in [6.07, 6.45) is 5.68. The predicted molar refractivity (Wildman–Crippen MR) is 492 cm³/mol. The van der Waals surface area contributed by atoms with Gasteiger partial charge in [-0.05, 0) is 251 Å². The Morgan fingerprint density at radius 2 is 0.534 bits per heavy atom. The summed E-state index contributed by atoms with van der Waals surface area (Å²) in [6, 6.07) is 133. The van der Waals surface area contributed by atoms with Gasteiger partial charge in [0, 0.05) is 95.6 Å². The summed E-state index contributed by atoms with van der Waals surface area (Å²) >= 11 is 0. The number of hydrogen-bond donors (Lipinski definition) is 0. The van der Waals surface area contributed by atoms with Crippen LogP contribution in [0.4, 0.5) is 34.1 Å². The van der Waals surface area contributed by atoms with E-state index in [1.165, 1.54) is 197 Å². The zero-order valence-corrected chi connectivity index (χ0v) is 64.6. The zero-order valence-electron chi connectivity index (χ0n) is 64.6. The van der Waals surface area contributed by atoms with E-state index in [0.717, 1.165) is 33.6 Å². The van der Waals surface area contributed by atoms with E-state index in [0.29, 0.717) is 0 Å². The summed E-state index contributed by atoms with van der Waals surface area (Å²) in [5, 5.41) is 26.6. The smallest absolute Gasteiger partial charge is 0.0780 e. The van der Waals surface area contributed by atoms with Gasteiger partial charge in [0.05, 0.1) is 22.2 Å². The molecule has 0 unspecified atom stereocenters. The van der Waals surface area contributed by atoms with Crippen LogP contribution in [-0.2, 0) is 10.8 Å². The van der Waals surface area contributed by atoms with E-state index in [1.54, 1.807) is 0 Å². The van der Waals surface area contributed by atoms with Crippen molar-refractivity contribution in [2.45, 2.75) is 38.5 Å². The summed E-state index contributed by atoms with van der Waals surface area (Å²) in [5.74, 6) is 0. The van der Waals surface area contributed by atoms with E-state index in [-0.39, 0.29) is 10.8 Å². The van der Waals surface area contributed by atoms with Gasteiger partial charge >= 0.3 is 0 Å². The van der Waals surface area contributed by atoms with Crippen LogP contribution in [0.2, 0.25) is 0 Å². The highest BCUT2D eigenvalue weighted by molar-refractivity contribution is 6.33. The molecule has 20 aromatic carbocycles. The third kappa shape index (κ3) is 10.3. The van der Waals surface area contributed by atoms with Crippen molar-refractivity contribution in [3.05, 3.63) is 405 Å². The van der Waals surface area contributed by atoms with Crippen molar-refractivity contribution < 1.29 is 0 Å². The van der Waals surface area contributed by atoms with Crippen LogP contribution in [0.5, 0.6) is 0 Å². The van der Waals surface area contributed by atoms with Crippen molar-refractivity contribution in [1.29, 1.82) is 0 Å². The highest BCUT2D eigenvalue weighted by Gasteiger charge is 2.38. The molecule has 0 radical (unpaired) electrons. The topological polar surface area (TPSA) is 45.2 Å². The second-order valence-electron chi connectivity index (χ2n) is 32.5. The Bertz CT molecular complexity index is 7850. The lowest BCUT2D eigenvalue weighted by Crippen LogP contribution is -2.16. The molecule has 0 bridgehead atoms. The minimum Gasteiger partial charge on any atom is -0.310 e. The molecule has 0 atom stereocenters. The SMILES string of the molecule is CC1(C)c2cc(-c3ccc4ccc5cc6cccnc6c6ccc3c4c56)ccc2-c2ccc(N(c3ccccc3)c3ccccc3)cc21.CC1(C)c2ccccc2-c2ccc(N(c3ccccc3)c3ccc4ccc5cc6cccnc6c6ccc3c4c56)cc21.c1ccc(-c2ccc3ccc4cc5cccnc5c5ccc2c3c45)cc1. The Labute approximate surface area is 671 Å². The number of benzene rings is 20. The third-order valence-corrected chi connectivity index (χ3v) is 25.4. The van der Waals surface area contributed by atoms with Crippen molar-refractivity contribution in [2.75, 3.05) is 9.80 Å². The molecule has 0 saturated carbocycles. The van der Waals surface area contributed by atoms with Crippen LogP contribution in [-0.4, -0.2) is 15.0 Å². The maximum atomic E-state index is 4.79. The van der Waals surface area contributed by atoms with Gasteiger partial charge in [-0.1, -0.05) is 282 Å². The van der Waals surface area contributed by atoms with Crippen LogP contribution in [0, 0.1) is 0 Å². The lowest BCUT2D eigenvalue weighted by molar-refractivity contribution is 0.660. The molecule has 2 aliphatic rings. The summed E-state index contributed by atoms with van der Waals surface area (Å²) in [5.41, 5.74) is 25.8. The number of rotatable bonds is 8. The van der Waals surface area contributed by atoms with Crippen molar-refractivity contribution in [3.63, 3.8) is 0 Å². The van der Waals surface area contributed by atoms with E-state index < -0.39 is 0 Å². The van der Waals surface area contributed by atoms with E-state index >= 15 is 0 Å². The first-order valence-electron chi connectivity index (χ1n) is 40.3. The van der Waals surface area contributed by atoms with Gasteiger partial charge in [0.15, 0.2) is 0 Å². The lowest BCUT2D eigenvalue weighted by Gasteiger charge is -2.29. The van der Waals surface area contributed by atoms with Crippen LogP contribution in [0.1, 0.15) is 49.9 Å². The minimum atomic E-state index is -0.163. The summed E-state index contributed by atoms with van der Waals surface area (Å²) in [7, 11) is 0. The lowest BCUT2D eigenvalue weighted by atomic mass is 9.81. The van der Waals surface area contributed by atoms with Crippen LogP contribution >= 0.6 is 0 Å². The quantitative estimate of drug-likeness (QED) is 0.112. The number of fused-ring (bicyclic) bond motifs is 12. The number of para-hydroxylation sites is 3. The van der Waals surface area contributed by atoms with Crippen molar-refractivity contribution in [1.82, 2.24) is 15.0 Å². The second-order valence-corrected chi connectivity index (χ2v) is 32.5. The molecule has 25 rings (SSSR count). The minimum absolute atomic E-state index is 0.0684. The van der Waals surface area contributed by atoms with Crippen molar-refractivity contribution in [3.8, 4) is 44.5 Å². The molecule has 0 saturated heterocycles. The van der Waals surface area contributed by atoms with E-state index in [9.17, 15) is 0 Å². The molecule has 0 fully saturated rings. The molecule has 23 aromatic rings. The van der Waals surface area contributed by atoms with Crippen LogP contribution in [0.25, 0.3) is 174 Å². The molecular weight excluding hydrogens is 1400 g/mol. The standard InChI is InChI=1S/C46H32N2.C40H28N2.C25H15N/c1-46(2)41-27-30(36-20-17-29-15-16-31-26-32-10-9-25-47-45(32)40-24-23-39(36)43(29)44(31)40)18-21-37(41)38-22-19-35(28-42(38)46)48(33-11-5-3-6-12-33)34-13-7-4-8-14-34;1-40(2)34-13-7-6-12-30(34)31-18-17-29(24-35(31)40)42(28-10-4-3-5-11-28)36-21-16-25-14-15-26-23-27-9-8-22-41-39(27)33-20-19-32(36)37(25)38(26)33;1-2-5-16(6-3-1)20-11-10-17-8-9-18-15-19-7-4-14-26-25(19)22-13-12-21(20)23(17)24(18)22/h3-28H,1-2H3;3-24H,1-2H3;1-15H. The van der Waals surface area contributed by atoms with E-state index in [1.807, 2.05) is 36.8 Å². The molecule has 544 valence electrons. The highest BCUT2D eigenvalue weighted by atomic mass is 15.1. The molecule has 0 amide bonds. The fourth-order valence-corrected chi connectivity index (χ4v) is 20.0. The van der Waals surface area contributed by atoms with Crippen molar-refractivity contribution in [2.24, 2.45) is 0 Å². The van der Waals surface area contributed by atoms with Gasteiger partial charge in [-0.3, -0.25) is 15.0 Å². The largest absolute Gasteiger partial charge is 0.310 e. The normalized spacial score (nSPS) is 13.1. The average Bonchev–Trinajstić information content (AvgIpc) is 0.812. The van der Waals surface area contributed by atoms with Crippen molar-refractivity contribution >= 4 is 164 Å². The van der Waals surface area contributed by atoms with Gasteiger partial charge in [-0.15, -0.1) is 0 Å². The summed E-state index contributed by atoms with van der Waals surface area (Å²) in [4.78, 5) is 19.0. The Kier molecular flexibility index (Phi) is 15.0. The maximum Gasteiger partial charge on any atom is 0.0780 e. The highest BCUT2D eigenvalue weighted by Crippen LogP contribution is 2.55. The number of pyridine rings is 3. The van der Waals surface area contributed by atoms with Gasteiger partial charge in [-0.25, -0.2) is 0 Å². The molecule has 5 heteroatoms. The first-order valence-corrected chi connectivity index (χ1v) is 40.3. The molecule has 116 heavy (non-hydrogen) atoms. The molecule has 3 heterocycles. The van der Waals surface area contributed by atoms with Gasteiger partial charge in [0.1, 0.15) is 0 Å². The Hall–Kier alpha value is -14.7. The fourth-order valence-electron chi connectivity index (χ4n) is 20.0. The van der Waals surface area contributed by atoms with Crippen LogP contribution < -0.4 is 9.80 Å². The van der Waals surface area contributed by atoms with Gasteiger partial charge in [0.2, 0.25) is 0 Å². The van der Waals surface area contributed by atoms with Gasteiger partial charge in [-0.2, -0.15) is 0 Å². The number of hydrogen-bond acceptors (Lipinski definition) is 5. The first kappa shape index (κ1) is 67.1. The maximum absolute atomic E-state index is 4.79. The van der Waals surface area contributed by atoms with E-state index in [4.69, 9.17) is 9.97 Å². The molecular formula is C111H75N5. The monoisotopic (exact) mass is 1480 g/mol. The first-order chi connectivity index (χ1) is 57.1. The molecule has 0 spiro atoms. The van der Waals surface area contributed by atoms with Gasteiger partial charge in [0.25, 0.3) is 0 Å². The summed E-state index contributed by atoms with van der Waals surface area (Å²) in [6.45, 7) is 9.46. The average molecular weight is 1480 g/mol. The second kappa shape index (κ2) is 26.0. The third-order valence-electron chi connectivity index (χ3n) is 25.4. The Morgan fingerprint density at radius 3 is 1.03 bits per heavy atom. The number of aromatic nitrogens is 3.